The third-order valence-corrected chi connectivity index (χ3v) is 6.41. The van der Waals surface area contributed by atoms with Gasteiger partial charge in [-0.25, -0.2) is 9.59 Å². The largest absolute Gasteiger partial charge is 0.456 e. The van der Waals surface area contributed by atoms with Crippen LogP contribution in [-0.2, 0) is 25.6 Å². The first-order valence-corrected chi connectivity index (χ1v) is 13.1. The molecule has 1 aliphatic carbocycles. The molecule has 0 saturated heterocycles. The number of rotatable bonds is 10. The van der Waals surface area contributed by atoms with Crippen molar-refractivity contribution in [2.24, 2.45) is 0 Å². The molecule has 7 heteroatoms. The van der Waals surface area contributed by atoms with Crippen LogP contribution in [-0.4, -0.2) is 42.2 Å². The number of hydrogen-bond acceptors (Lipinski definition) is 6. The van der Waals surface area contributed by atoms with Gasteiger partial charge in [-0.2, -0.15) is 0 Å². The first-order valence-electron chi connectivity index (χ1n) is 13.1. The van der Waals surface area contributed by atoms with Crippen molar-refractivity contribution in [3.05, 3.63) is 71.3 Å². The van der Waals surface area contributed by atoms with Crippen molar-refractivity contribution in [2.45, 2.75) is 90.1 Å². The van der Waals surface area contributed by atoms with Crippen molar-refractivity contribution >= 4 is 17.8 Å². The lowest BCUT2D eigenvalue weighted by Gasteiger charge is -2.26. The summed E-state index contributed by atoms with van der Waals surface area (Å²) in [6.45, 7) is 6.67. The lowest BCUT2D eigenvalue weighted by molar-refractivity contribution is -0.149. The minimum Gasteiger partial charge on any atom is -0.456 e. The fraction of sp³-hybridized carbons (Fsp3) is 0.500. The van der Waals surface area contributed by atoms with Gasteiger partial charge >= 0.3 is 12.1 Å². The fourth-order valence-corrected chi connectivity index (χ4v) is 4.39. The zero-order chi connectivity index (χ0) is 26.8. The van der Waals surface area contributed by atoms with Crippen molar-refractivity contribution in [2.75, 3.05) is 6.61 Å². The topological polar surface area (TPSA) is 90.9 Å². The molecule has 1 N–H and O–H groups in total. The van der Waals surface area contributed by atoms with Crippen LogP contribution < -0.4 is 5.32 Å². The van der Waals surface area contributed by atoms with Gasteiger partial charge < -0.3 is 19.5 Å². The number of esters is 1. The summed E-state index contributed by atoms with van der Waals surface area (Å²) in [5.41, 5.74) is 1.91. The van der Waals surface area contributed by atoms with Crippen LogP contribution in [0, 0.1) is 0 Å². The van der Waals surface area contributed by atoms with Gasteiger partial charge in [-0.05, 0) is 57.6 Å². The van der Waals surface area contributed by atoms with Gasteiger partial charge in [-0.15, -0.1) is 0 Å². The first kappa shape index (κ1) is 28.4. The van der Waals surface area contributed by atoms with E-state index in [-0.39, 0.29) is 12.4 Å². The molecule has 0 unspecified atom stereocenters. The zero-order valence-electron chi connectivity index (χ0n) is 22.3. The van der Waals surface area contributed by atoms with Crippen molar-refractivity contribution in [1.82, 2.24) is 5.32 Å². The molecule has 0 bridgehead atoms. The maximum absolute atomic E-state index is 13.0. The number of nitrogens with one attached hydrogen (secondary N) is 1. The van der Waals surface area contributed by atoms with E-state index in [0.717, 1.165) is 5.56 Å². The third-order valence-electron chi connectivity index (χ3n) is 6.41. The number of amides is 1. The van der Waals surface area contributed by atoms with Gasteiger partial charge in [0, 0.05) is 5.56 Å². The second-order valence-electron chi connectivity index (χ2n) is 10.6. The van der Waals surface area contributed by atoms with E-state index >= 15 is 0 Å². The van der Waals surface area contributed by atoms with E-state index in [1.807, 2.05) is 42.5 Å². The molecule has 1 amide bonds. The summed E-state index contributed by atoms with van der Waals surface area (Å²) < 4.78 is 16.5. The molecule has 2 aromatic carbocycles. The van der Waals surface area contributed by atoms with E-state index in [1.54, 1.807) is 39.8 Å². The Morgan fingerprint density at radius 1 is 0.946 bits per heavy atom. The lowest BCUT2D eigenvalue weighted by Crippen LogP contribution is -2.51. The Morgan fingerprint density at radius 2 is 1.59 bits per heavy atom. The second kappa shape index (κ2) is 13.4. The van der Waals surface area contributed by atoms with E-state index in [2.05, 4.69) is 5.32 Å². The van der Waals surface area contributed by atoms with Crippen molar-refractivity contribution in [1.29, 1.82) is 0 Å². The number of carbonyl (C=O) groups is 3. The molecule has 0 aromatic heterocycles. The van der Waals surface area contributed by atoms with Crippen LogP contribution in [0.1, 0.15) is 87.2 Å². The number of ketones is 1. The zero-order valence-corrected chi connectivity index (χ0v) is 22.3. The van der Waals surface area contributed by atoms with Crippen molar-refractivity contribution < 1.29 is 28.6 Å². The van der Waals surface area contributed by atoms with Crippen LogP contribution in [0.4, 0.5) is 4.79 Å². The van der Waals surface area contributed by atoms with Gasteiger partial charge in [-0.1, -0.05) is 73.9 Å². The Labute approximate surface area is 219 Å². The SMILES string of the molecule is C[C@H](OCc1ccccc1)[C@@H](NC(=O)OC(C)(C)C)C(=O)OCC(=O)c1ccc(C2CCCCC2)cc1. The number of ether oxygens (including phenoxy) is 3. The number of benzene rings is 2. The van der Waals surface area contributed by atoms with E-state index in [1.165, 1.54) is 37.7 Å². The van der Waals surface area contributed by atoms with Crippen LogP contribution >= 0.6 is 0 Å². The van der Waals surface area contributed by atoms with Gasteiger partial charge in [0.05, 0.1) is 12.7 Å². The standard InChI is InChI=1S/C30H39NO6/c1-21(35-19-22-11-7-5-8-12-22)27(31-29(34)37-30(2,3)4)28(33)36-20-26(32)25-17-15-24(16-18-25)23-13-9-6-10-14-23/h5,7-8,11-12,15-18,21,23,27H,6,9-10,13-14,19-20H2,1-4H3,(H,31,34)/t21-,27+/m0/s1. The van der Waals surface area contributed by atoms with Gasteiger partial charge in [0.2, 0.25) is 0 Å². The average molecular weight is 510 g/mol. The summed E-state index contributed by atoms with van der Waals surface area (Å²) in [6, 6.07) is 15.9. The van der Waals surface area contributed by atoms with Crippen LogP contribution in [0.5, 0.6) is 0 Å². The normalized spacial score (nSPS) is 15.9. The molecule has 0 aliphatic heterocycles. The molecule has 0 heterocycles. The molecule has 37 heavy (non-hydrogen) atoms. The monoisotopic (exact) mass is 509 g/mol. The summed E-state index contributed by atoms with van der Waals surface area (Å²) in [4.78, 5) is 38.1. The molecule has 2 atom stereocenters. The molecule has 1 saturated carbocycles. The predicted molar refractivity (Wildman–Crippen MR) is 141 cm³/mol. The van der Waals surface area contributed by atoms with Crippen LogP contribution in [0.15, 0.2) is 54.6 Å². The predicted octanol–water partition coefficient (Wildman–Crippen LogP) is 5.96. The second-order valence-corrected chi connectivity index (χ2v) is 10.6. The molecule has 1 aliphatic rings. The summed E-state index contributed by atoms with van der Waals surface area (Å²) >= 11 is 0. The molecular weight excluding hydrogens is 470 g/mol. The molecule has 2 aromatic rings. The molecule has 3 rings (SSSR count). The summed E-state index contributed by atoms with van der Waals surface area (Å²) in [6.07, 6.45) is 4.64. The number of hydrogen-bond donors (Lipinski definition) is 1. The lowest BCUT2D eigenvalue weighted by atomic mass is 9.84. The number of alkyl carbamates (subject to hydrolysis) is 1. The minimum atomic E-state index is -1.15. The van der Waals surface area contributed by atoms with Crippen molar-refractivity contribution in [3.8, 4) is 0 Å². The van der Waals surface area contributed by atoms with E-state index in [0.29, 0.717) is 11.5 Å². The molecule has 7 nitrogen and oxygen atoms in total. The Hall–Kier alpha value is -3.19. The first-order chi connectivity index (χ1) is 17.6. The Kier molecular flexibility index (Phi) is 10.3. The van der Waals surface area contributed by atoms with Crippen molar-refractivity contribution in [3.63, 3.8) is 0 Å². The highest BCUT2D eigenvalue weighted by Gasteiger charge is 2.31. The summed E-state index contributed by atoms with van der Waals surface area (Å²) in [5.74, 6) is -0.524. The number of carbonyl (C=O) groups excluding carboxylic acids is 3. The third kappa shape index (κ3) is 9.32. The Bertz CT molecular complexity index is 1020. The Balaban J connectivity index is 1.60. The molecule has 1 fully saturated rings. The molecule has 200 valence electrons. The highest BCUT2D eigenvalue weighted by molar-refractivity contribution is 5.98. The van der Waals surface area contributed by atoms with E-state index < -0.39 is 36.4 Å². The molecule has 0 radical (unpaired) electrons. The summed E-state index contributed by atoms with van der Waals surface area (Å²) in [5, 5.41) is 2.54. The van der Waals surface area contributed by atoms with Crippen LogP contribution in [0.3, 0.4) is 0 Å². The van der Waals surface area contributed by atoms with Gasteiger partial charge in [-0.3, -0.25) is 4.79 Å². The summed E-state index contributed by atoms with van der Waals surface area (Å²) in [7, 11) is 0. The smallest absolute Gasteiger partial charge is 0.408 e. The maximum Gasteiger partial charge on any atom is 0.408 e. The van der Waals surface area contributed by atoms with Gasteiger partial charge in [0.1, 0.15) is 5.60 Å². The Morgan fingerprint density at radius 3 is 2.22 bits per heavy atom. The highest BCUT2D eigenvalue weighted by Crippen LogP contribution is 2.32. The quantitative estimate of drug-likeness (QED) is 0.314. The highest BCUT2D eigenvalue weighted by atomic mass is 16.6. The molecule has 0 spiro atoms. The van der Waals surface area contributed by atoms with Gasteiger partial charge in [0.25, 0.3) is 0 Å². The van der Waals surface area contributed by atoms with Crippen LogP contribution in [0.25, 0.3) is 0 Å². The van der Waals surface area contributed by atoms with E-state index in [9.17, 15) is 14.4 Å². The molecular formula is C30H39NO6. The van der Waals surface area contributed by atoms with Crippen LogP contribution in [0.2, 0.25) is 0 Å². The fourth-order valence-electron chi connectivity index (χ4n) is 4.39. The minimum absolute atomic E-state index is 0.244. The van der Waals surface area contributed by atoms with E-state index in [4.69, 9.17) is 14.2 Å². The maximum atomic E-state index is 13.0. The van der Waals surface area contributed by atoms with Gasteiger partial charge in [0.15, 0.2) is 18.4 Å². The average Bonchev–Trinajstić information content (AvgIpc) is 2.89. The number of Topliss-reactive ketones (excluding diaryl/α,β-unsaturated/α-hetero) is 1.